The van der Waals surface area contributed by atoms with Crippen LogP contribution in [-0.2, 0) is 6.54 Å². The van der Waals surface area contributed by atoms with E-state index in [2.05, 4.69) is 21.3 Å². The number of hydrogen-bond donors (Lipinski definition) is 1. The summed E-state index contributed by atoms with van der Waals surface area (Å²) in [4.78, 5) is 20.6. The number of pyridine rings is 1. The van der Waals surface area contributed by atoms with Crippen LogP contribution in [0.15, 0.2) is 60.2 Å². The van der Waals surface area contributed by atoms with Crippen LogP contribution in [0, 0.1) is 0 Å². The van der Waals surface area contributed by atoms with Crippen LogP contribution in [0.3, 0.4) is 0 Å². The van der Waals surface area contributed by atoms with E-state index in [0.717, 1.165) is 53.0 Å². The summed E-state index contributed by atoms with van der Waals surface area (Å²) in [6, 6.07) is 14.8. The van der Waals surface area contributed by atoms with Crippen molar-refractivity contribution in [3.8, 4) is 16.9 Å². The van der Waals surface area contributed by atoms with Gasteiger partial charge < -0.3 is 15.0 Å². The van der Waals surface area contributed by atoms with Crippen molar-refractivity contribution in [3.63, 3.8) is 0 Å². The molecule has 1 N–H and O–H groups in total. The molecule has 1 aliphatic carbocycles. The highest BCUT2D eigenvalue weighted by molar-refractivity contribution is 7.12. The van der Waals surface area contributed by atoms with Gasteiger partial charge in [0.1, 0.15) is 5.75 Å². The number of carbonyl (C=O) groups excluding carboxylic acids is 1. The highest BCUT2D eigenvalue weighted by Gasteiger charge is 2.30. The molecule has 0 radical (unpaired) electrons. The van der Waals surface area contributed by atoms with Gasteiger partial charge in [0.15, 0.2) is 0 Å². The number of ether oxygens (including phenoxy) is 1. The summed E-state index contributed by atoms with van der Waals surface area (Å²) in [6.45, 7) is 0.531. The average Bonchev–Trinajstić information content (AvgIpc) is 3.38. The first-order valence-corrected chi connectivity index (χ1v) is 11.7. The van der Waals surface area contributed by atoms with E-state index in [1.54, 1.807) is 13.3 Å². The third-order valence-electron chi connectivity index (χ3n) is 6.15. The van der Waals surface area contributed by atoms with E-state index in [1.807, 2.05) is 55.0 Å². The van der Waals surface area contributed by atoms with Gasteiger partial charge in [-0.25, -0.2) is 0 Å². The van der Waals surface area contributed by atoms with Crippen LogP contribution in [0.2, 0.25) is 0 Å². The van der Waals surface area contributed by atoms with Gasteiger partial charge in [0, 0.05) is 42.1 Å². The van der Waals surface area contributed by atoms with Crippen molar-refractivity contribution >= 4 is 42.1 Å². The van der Waals surface area contributed by atoms with E-state index in [9.17, 15) is 4.79 Å². The Labute approximate surface area is 212 Å². The lowest BCUT2D eigenvalue weighted by Gasteiger charge is -2.37. The third-order valence-corrected chi connectivity index (χ3v) is 7.01. The molecule has 2 heterocycles. The number of aromatic nitrogens is 1. The van der Waals surface area contributed by atoms with Gasteiger partial charge in [-0.15, -0.1) is 36.2 Å². The summed E-state index contributed by atoms with van der Waals surface area (Å²) in [5.74, 6) is 0.914. The smallest absolute Gasteiger partial charge is 0.264 e. The Morgan fingerprint density at radius 2 is 1.91 bits per heavy atom. The van der Waals surface area contributed by atoms with E-state index < -0.39 is 0 Å². The molecule has 1 aliphatic rings. The zero-order chi connectivity index (χ0) is 21.6. The van der Waals surface area contributed by atoms with Crippen molar-refractivity contribution in [1.82, 2.24) is 15.2 Å². The highest BCUT2D eigenvalue weighted by Crippen LogP contribution is 2.31. The second kappa shape index (κ2) is 12.9. The van der Waals surface area contributed by atoms with Gasteiger partial charge in [-0.3, -0.25) is 9.78 Å². The molecule has 4 rings (SSSR count). The normalized spacial score (nSPS) is 17.4. The summed E-state index contributed by atoms with van der Waals surface area (Å²) in [5.41, 5.74) is 3.15. The lowest BCUT2D eigenvalue weighted by Crippen LogP contribution is -2.44. The van der Waals surface area contributed by atoms with Crippen molar-refractivity contribution in [2.75, 3.05) is 14.2 Å². The maximum absolute atomic E-state index is 13.5. The van der Waals surface area contributed by atoms with Gasteiger partial charge in [-0.2, -0.15) is 0 Å². The van der Waals surface area contributed by atoms with Gasteiger partial charge in [-0.1, -0.05) is 18.2 Å². The summed E-state index contributed by atoms with van der Waals surface area (Å²) in [5, 5.41) is 5.35. The molecule has 1 saturated carbocycles. The molecule has 0 atom stereocenters. The number of methoxy groups -OCH3 is 1. The number of benzene rings is 1. The third kappa shape index (κ3) is 6.48. The molecule has 33 heavy (non-hydrogen) atoms. The summed E-state index contributed by atoms with van der Waals surface area (Å²) < 4.78 is 5.67. The molecular weight excluding hydrogens is 477 g/mol. The molecule has 1 amide bonds. The van der Waals surface area contributed by atoms with Crippen LogP contribution in [0.4, 0.5) is 0 Å². The van der Waals surface area contributed by atoms with Crippen LogP contribution in [-0.4, -0.2) is 42.0 Å². The second-order valence-corrected chi connectivity index (χ2v) is 8.92. The molecule has 5 nitrogen and oxygen atoms in total. The molecule has 0 unspecified atom stereocenters. The molecule has 1 fully saturated rings. The van der Waals surface area contributed by atoms with Crippen molar-refractivity contribution < 1.29 is 9.53 Å². The van der Waals surface area contributed by atoms with Gasteiger partial charge in [-0.05, 0) is 67.9 Å². The minimum atomic E-state index is 0. The Kier molecular flexibility index (Phi) is 10.6. The van der Waals surface area contributed by atoms with Crippen LogP contribution in [0.5, 0.6) is 5.75 Å². The molecule has 8 heteroatoms. The van der Waals surface area contributed by atoms with E-state index in [-0.39, 0.29) is 36.8 Å². The minimum Gasteiger partial charge on any atom is -0.496 e. The van der Waals surface area contributed by atoms with Crippen LogP contribution in [0.1, 0.15) is 40.9 Å². The Hall–Kier alpha value is -2.12. The van der Waals surface area contributed by atoms with Crippen molar-refractivity contribution in [2.45, 2.75) is 44.3 Å². The van der Waals surface area contributed by atoms with E-state index in [1.165, 1.54) is 11.3 Å². The largest absolute Gasteiger partial charge is 0.496 e. The van der Waals surface area contributed by atoms with Crippen LogP contribution >= 0.6 is 36.2 Å². The number of thiophene rings is 1. The van der Waals surface area contributed by atoms with Crippen molar-refractivity contribution in [2.24, 2.45) is 0 Å². The van der Waals surface area contributed by atoms with Crippen LogP contribution in [0.25, 0.3) is 11.1 Å². The summed E-state index contributed by atoms with van der Waals surface area (Å²) in [6.07, 6.45) is 7.82. The first kappa shape index (κ1) is 27.1. The number of nitrogens with zero attached hydrogens (tertiary/aromatic N) is 2. The lowest BCUT2D eigenvalue weighted by molar-refractivity contribution is 0.0604. The first-order chi connectivity index (χ1) is 15.2. The molecular formula is C25H31Cl2N3O2S. The fraction of sp³-hybridized carbons (Fsp3) is 0.360. The molecule has 178 valence electrons. The van der Waals surface area contributed by atoms with Gasteiger partial charge in [0.25, 0.3) is 5.91 Å². The van der Waals surface area contributed by atoms with Crippen molar-refractivity contribution in [3.05, 3.63) is 70.7 Å². The zero-order valence-corrected chi connectivity index (χ0v) is 21.3. The predicted molar refractivity (Wildman–Crippen MR) is 140 cm³/mol. The molecule has 1 aromatic carbocycles. The molecule has 0 spiro atoms. The number of halogens is 2. The number of rotatable bonds is 7. The predicted octanol–water partition coefficient (Wildman–Crippen LogP) is 5.84. The summed E-state index contributed by atoms with van der Waals surface area (Å²) in [7, 11) is 3.71. The average molecular weight is 509 g/mol. The Morgan fingerprint density at radius 1 is 1.12 bits per heavy atom. The molecule has 3 aromatic rings. The Bertz CT molecular complexity index is 994. The Morgan fingerprint density at radius 3 is 2.52 bits per heavy atom. The second-order valence-electron chi connectivity index (χ2n) is 7.97. The maximum atomic E-state index is 13.5. The molecule has 0 saturated heterocycles. The van der Waals surface area contributed by atoms with E-state index >= 15 is 0 Å². The SMILES string of the molecule is CNC1CCC(N(Cc2cc(-c3cccnc3)ccc2OC)C(=O)c2cccs2)CC1.Cl.Cl. The monoisotopic (exact) mass is 507 g/mol. The molecule has 2 aromatic heterocycles. The maximum Gasteiger partial charge on any atom is 0.264 e. The topological polar surface area (TPSA) is 54.5 Å². The highest BCUT2D eigenvalue weighted by atomic mass is 35.5. The first-order valence-electron chi connectivity index (χ1n) is 10.8. The number of nitrogens with one attached hydrogen (secondary N) is 1. The fourth-order valence-corrected chi connectivity index (χ4v) is 5.06. The zero-order valence-electron chi connectivity index (χ0n) is 18.9. The number of amides is 1. The molecule has 0 bridgehead atoms. The van der Waals surface area contributed by atoms with Gasteiger partial charge >= 0.3 is 0 Å². The number of carbonyl (C=O) groups is 1. The fourth-order valence-electron chi connectivity index (χ4n) is 4.38. The quantitative estimate of drug-likeness (QED) is 0.436. The van der Waals surface area contributed by atoms with Crippen LogP contribution < -0.4 is 10.1 Å². The number of hydrogen-bond acceptors (Lipinski definition) is 5. The standard InChI is InChI=1S/C25H29N3O2S.2ClH/c1-26-21-8-10-22(11-9-21)28(25(29)24-6-4-14-31-24)17-20-15-18(7-12-23(20)30-2)19-5-3-13-27-16-19;;/h3-7,12-16,21-22,26H,8-11,17H2,1-2H3;2*1H. The lowest BCUT2D eigenvalue weighted by atomic mass is 9.89. The Balaban J connectivity index is 0.00000193. The summed E-state index contributed by atoms with van der Waals surface area (Å²) >= 11 is 1.51. The van der Waals surface area contributed by atoms with E-state index in [0.29, 0.717) is 12.6 Å². The van der Waals surface area contributed by atoms with Crippen molar-refractivity contribution in [1.29, 1.82) is 0 Å². The van der Waals surface area contributed by atoms with Gasteiger partial charge in [0.05, 0.1) is 12.0 Å². The van der Waals surface area contributed by atoms with Gasteiger partial charge in [0.2, 0.25) is 0 Å². The minimum absolute atomic E-state index is 0. The molecule has 0 aliphatic heterocycles. The van der Waals surface area contributed by atoms with E-state index in [4.69, 9.17) is 4.74 Å².